The minimum Gasteiger partial charge on any atom is -0.480 e. The van der Waals surface area contributed by atoms with Crippen molar-refractivity contribution in [1.82, 2.24) is 15.5 Å². The number of carboxylic acid groups (broad SMARTS) is 1. The Hall–Kier alpha value is -1.30. The molecule has 6 nitrogen and oxygen atoms in total. The number of urea groups is 1. The van der Waals surface area contributed by atoms with Gasteiger partial charge in [0.2, 0.25) is 0 Å². The van der Waals surface area contributed by atoms with Gasteiger partial charge in [0, 0.05) is 13.1 Å². The molecule has 1 saturated heterocycles. The van der Waals surface area contributed by atoms with Gasteiger partial charge in [-0.25, -0.2) is 9.59 Å². The number of nitrogens with zero attached hydrogens (tertiary/aromatic N) is 1. The molecule has 2 unspecified atom stereocenters. The molecule has 1 heterocycles. The van der Waals surface area contributed by atoms with Crippen LogP contribution in [0, 0.1) is 5.92 Å². The van der Waals surface area contributed by atoms with E-state index in [4.69, 9.17) is 0 Å². The maximum absolute atomic E-state index is 11.8. The second kappa shape index (κ2) is 6.75. The van der Waals surface area contributed by atoms with Crippen LogP contribution >= 0.6 is 0 Å². The number of carbonyl (C=O) groups excluding carboxylic acids is 1. The predicted molar refractivity (Wildman–Crippen MR) is 73.1 cm³/mol. The zero-order chi connectivity index (χ0) is 14.5. The summed E-state index contributed by atoms with van der Waals surface area (Å²) in [6.07, 6.45) is 2.19. The SMILES string of the molecule is CCCC(C)(NC(=O)NCC1CCN(C)C1)C(=O)O. The van der Waals surface area contributed by atoms with Crippen molar-refractivity contribution in [2.75, 3.05) is 26.7 Å². The molecule has 0 spiro atoms. The first-order valence-corrected chi connectivity index (χ1v) is 6.85. The Morgan fingerprint density at radius 2 is 2.16 bits per heavy atom. The summed E-state index contributed by atoms with van der Waals surface area (Å²) in [5.74, 6) is -0.539. The topological polar surface area (TPSA) is 81.7 Å². The highest BCUT2D eigenvalue weighted by Gasteiger charge is 2.34. The summed E-state index contributed by atoms with van der Waals surface area (Å²) < 4.78 is 0. The van der Waals surface area contributed by atoms with Crippen LogP contribution in [0.1, 0.15) is 33.1 Å². The van der Waals surface area contributed by atoms with Gasteiger partial charge in [0.05, 0.1) is 0 Å². The third-order valence-corrected chi connectivity index (χ3v) is 3.65. The molecule has 3 N–H and O–H groups in total. The van der Waals surface area contributed by atoms with Crippen LogP contribution in [0.15, 0.2) is 0 Å². The van der Waals surface area contributed by atoms with Gasteiger partial charge in [0.1, 0.15) is 5.54 Å². The van der Waals surface area contributed by atoms with E-state index >= 15 is 0 Å². The standard InChI is InChI=1S/C13H25N3O3/c1-4-6-13(2,11(17)18)15-12(19)14-8-10-5-7-16(3)9-10/h10H,4-9H2,1-3H3,(H,17,18)(H2,14,15,19). The molecule has 0 aliphatic carbocycles. The third-order valence-electron chi connectivity index (χ3n) is 3.65. The van der Waals surface area contributed by atoms with Gasteiger partial charge in [-0.15, -0.1) is 0 Å². The smallest absolute Gasteiger partial charge is 0.329 e. The van der Waals surface area contributed by atoms with Gasteiger partial charge < -0.3 is 20.6 Å². The van der Waals surface area contributed by atoms with Gasteiger partial charge in [-0.05, 0) is 39.3 Å². The number of likely N-dealkylation sites (tertiary alicyclic amines) is 1. The molecule has 2 amide bonds. The molecule has 1 aliphatic heterocycles. The zero-order valence-electron chi connectivity index (χ0n) is 12.0. The molecule has 0 bridgehead atoms. The summed E-state index contributed by atoms with van der Waals surface area (Å²) in [4.78, 5) is 25.2. The molecule has 0 saturated carbocycles. The highest BCUT2D eigenvalue weighted by Crippen LogP contribution is 2.14. The maximum atomic E-state index is 11.8. The van der Waals surface area contributed by atoms with E-state index in [0.29, 0.717) is 25.3 Å². The lowest BCUT2D eigenvalue weighted by Crippen LogP contribution is -2.55. The molecule has 1 rings (SSSR count). The minimum absolute atomic E-state index is 0.395. The van der Waals surface area contributed by atoms with Gasteiger partial charge in [-0.2, -0.15) is 0 Å². The number of amides is 2. The van der Waals surface area contributed by atoms with E-state index in [1.807, 2.05) is 6.92 Å². The molecule has 110 valence electrons. The Labute approximate surface area is 114 Å². The summed E-state index contributed by atoms with van der Waals surface area (Å²) >= 11 is 0. The van der Waals surface area contributed by atoms with Gasteiger partial charge in [-0.3, -0.25) is 0 Å². The van der Waals surface area contributed by atoms with Crippen molar-refractivity contribution in [2.45, 2.75) is 38.6 Å². The lowest BCUT2D eigenvalue weighted by Gasteiger charge is -2.26. The number of rotatable bonds is 6. The lowest BCUT2D eigenvalue weighted by molar-refractivity contribution is -0.144. The van der Waals surface area contributed by atoms with E-state index in [0.717, 1.165) is 19.5 Å². The molecular formula is C13H25N3O3. The van der Waals surface area contributed by atoms with E-state index in [-0.39, 0.29) is 0 Å². The number of aliphatic carboxylic acids is 1. The summed E-state index contributed by atoms with van der Waals surface area (Å²) in [5.41, 5.74) is -1.19. The fourth-order valence-electron chi connectivity index (χ4n) is 2.45. The van der Waals surface area contributed by atoms with E-state index in [1.165, 1.54) is 0 Å². The van der Waals surface area contributed by atoms with Gasteiger partial charge in [0.25, 0.3) is 0 Å². The van der Waals surface area contributed by atoms with Crippen LogP contribution in [0.3, 0.4) is 0 Å². The van der Waals surface area contributed by atoms with Crippen LogP contribution < -0.4 is 10.6 Å². The molecule has 0 aromatic rings. The van der Waals surface area contributed by atoms with Crippen LogP contribution in [0.25, 0.3) is 0 Å². The van der Waals surface area contributed by atoms with Crippen molar-refractivity contribution in [1.29, 1.82) is 0 Å². The second-order valence-corrected chi connectivity index (χ2v) is 5.64. The van der Waals surface area contributed by atoms with Crippen LogP contribution in [-0.4, -0.2) is 54.2 Å². The summed E-state index contributed by atoms with van der Waals surface area (Å²) in [6.45, 7) is 6.07. The van der Waals surface area contributed by atoms with E-state index in [2.05, 4.69) is 22.6 Å². The molecule has 1 fully saturated rings. The van der Waals surface area contributed by atoms with Crippen molar-refractivity contribution in [3.8, 4) is 0 Å². The first-order chi connectivity index (χ1) is 8.87. The molecule has 1 aliphatic rings. The van der Waals surface area contributed by atoms with Crippen molar-refractivity contribution in [2.24, 2.45) is 5.92 Å². The van der Waals surface area contributed by atoms with Crippen LogP contribution in [0.5, 0.6) is 0 Å². The summed E-state index contributed by atoms with van der Waals surface area (Å²) in [7, 11) is 2.06. The number of hydrogen-bond donors (Lipinski definition) is 3. The zero-order valence-corrected chi connectivity index (χ0v) is 12.0. The Morgan fingerprint density at radius 1 is 1.47 bits per heavy atom. The Bertz CT molecular complexity index is 335. The number of nitrogens with one attached hydrogen (secondary N) is 2. The molecule has 0 aromatic heterocycles. The summed E-state index contributed by atoms with van der Waals surface area (Å²) in [6, 6.07) is -0.395. The fraction of sp³-hybridized carbons (Fsp3) is 0.846. The van der Waals surface area contributed by atoms with Crippen molar-refractivity contribution in [3.05, 3.63) is 0 Å². The predicted octanol–water partition coefficient (Wildman–Crippen LogP) is 0.881. The van der Waals surface area contributed by atoms with Gasteiger partial charge in [-0.1, -0.05) is 13.3 Å². The molecular weight excluding hydrogens is 246 g/mol. The third kappa shape index (κ3) is 4.70. The van der Waals surface area contributed by atoms with Crippen LogP contribution in [0.2, 0.25) is 0 Å². The lowest BCUT2D eigenvalue weighted by atomic mass is 9.96. The van der Waals surface area contributed by atoms with Crippen LogP contribution in [0.4, 0.5) is 4.79 Å². The highest BCUT2D eigenvalue weighted by molar-refractivity contribution is 5.85. The van der Waals surface area contributed by atoms with E-state index in [9.17, 15) is 14.7 Å². The van der Waals surface area contributed by atoms with Crippen molar-refractivity contribution >= 4 is 12.0 Å². The minimum atomic E-state index is -1.19. The molecule has 19 heavy (non-hydrogen) atoms. The first-order valence-electron chi connectivity index (χ1n) is 6.85. The molecule has 2 atom stereocenters. The monoisotopic (exact) mass is 271 g/mol. The normalized spacial score (nSPS) is 22.8. The number of carbonyl (C=O) groups is 2. The fourth-order valence-corrected chi connectivity index (χ4v) is 2.45. The Kier molecular flexibility index (Phi) is 5.60. The van der Waals surface area contributed by atoms with Crippen molar-refractivity contribution in [3.63, 3.8) is 0 Å². The quantitative estimate of drug-likeness (QED) is 0.670. The number of carboxylic acids is 1. The molecule has 0 aromatic carbocycles. The van der Waals surface area contributed by atoms with E-state index < -0.39 is 17.5 Å². The summed E-state index contributed by atoms with van der Waals surface area (Å²) in [5, 5.41) is 14.5. The Balaban J connectivity index is 2.38. The molecule has 6 heteroatoms. The average Bonchev–Trinajstić information content (AvgIpc) is 2.72. The van der Waals surface area contributed by atoms with Gasteiger partial charge in [0.15, 0.2) is 0 Å². The largest absolute Gasteiger partial charge is 0.480 e. The number of hydrogen-bond acceptors (Lipinski definition) is 3. The van der Waals surface area contributed by atoms with Crippen LogP contribution in [-0.2, 0) is 4.79 Å². The Morgan fingerprint density at radius 3 is 2.63 bits per heavy atom. The van der Waals surface area contributed by atoms with Gasteiger partial charge >= 0.3 is 12.0 Å². The maximum Gasteiger partial charge on any atom is 0.329 e. The highest BCUT2D eigenvalue weighted by atomic mass is 16.4. The van der Waals surface area contributed by atoms with Crippen molar-refractivity contribution < 1.29 is 14.7 Å². The molecule has 0 radical (unpaired) electrons. The van der Waals surface area contributed by atoms with E-state index in [1.54, 1.807) is 6.92 Å². The second-order valence-electron chi connectivity index (χ2n) is 5.64. The average molecular weight is 271 g/mol. The first kappa shape index (κ1) is 15.8.